The molecule has 0 spiro atoms. The van der Waals surface area contributed by atoms with Gasteiger partial charge in [-0.2, -0.15) is 0 Å². The second-order valence-corrected chi connectivity index (χ2v) is 15.2. The molecule has 0 N–H and O–H groups in total. The van der Waals surface area contributed by atoms with Gasteiger partial charge in [0.15, 0.2) is 0 Å². The average Bonchev–Trinajstić information content (AvgIpc) is 4.04. The maximum absolute atomic E-state index is 6.44. The molecule has 0 aliphatic rings. The first-order chi connectivity index (χ1) is 28.8. The van der Waals surface area contributed by atoms with Crippen molar-refractivity contribution in [1.82, 2.24) is 9.13 Å². The molecular formula is C54H32N2O2. The predicted molar refractivity (Wildman–Crippen MR) is 241 cm³/mol. The van der Waals surface area contributed by atoms with Crippen molar-refractivity contribution >= 4 is 87.5 Å². The highest BCUT2D eigenvalue weighted by atomic mass is 16.3. The maximum atomic E-state index is 6.44. The van der Waals surface area contributed by atoms with Crippen molar-refractivity contribution in [3.05, 3.63) is 194 Å². The predicted octanol–water partition coefficient (Wildman–Crippen LogP) is 15.0. The summed E-state index contributed by atoms with van der Waals surface area (Å²) in [6.45, 7) is 0. The number of para-hydroxylation sites is 3. The Morgan fingerprint density at radius 2 is 0.828 bits per heavy atom. The van der Waals surface area contributed by atoms with E-state index in [1.54, 1.807) is 0 Å². The Morgan fingerprint density at radius 3 is 1.67 bits per heavy atom. The van der Waals surface area contributed by atoms with E-state index in [4.69, 9.17) is 8.83 Å². The quantitative estimate of drug-likeness (QED) is 0.180. The number of benzene rings is 9. The molecule has 0 atom stereocenters. The number of rotatable bonds is 4. The number of nitrogens with zero attached hydrogens (tertiary/aromatic N) is 2. The Bertz CT molecular complexity index is 3780. The Labute approximate surface area is 332 Å². The van der Waals surface area contributed by atoms with Gasteiger partial charge in [0, 0.05) is 43.4 Å². The summed E-state index contributed by atoms with van der Waals surface area (Å²) in [5.41, 5.74) is 15.1. The number of aromatic nitrogens is 2. The lowest BCUT2D eigenvalue weighted by Crippen LogP contribution is -1.95. The molecule has 58 heavy (non-hydrogen) atoms. The van der Waals surface area contributed by atoms with Crippen molar-refractivity contribution in [3.63, 3.8) is 0 Å². The van der Waals surface area contributed by atoms with Crippen LogP contribution in [0.2, 0.25) is 0 Å². The molecule has 270 valence electrons. The zero-order valence-corrected chi connectivity index (χ0v) is 31.2. The van der Waals surface area contributed by atoms with Crippen molar-refractivity contribution < 1.29 is 8.83 Å². The summed E-state index contributed by atoms with van der Waals surface area (Å²) in [7, 11) is 0. The van der Waals surface area contributed by atoms with E-state index in [-0.39, 0.29) is 0 Å². The fourth-order valence-corrected chi connectivity index (χ4v) is 9.57. The first-order valence-corrected chi connectivity index (χ1v) is 19.8. The van der Waals surface area contributed by atoms with Gasteiger partial charge in [0.2, 0.25) is 0 Å². The van der Waals surface area contributed by atoms with Crippen molar-refractivity contribution in [2.75, 3.05) is 0 Å². The minimum Gasteiger partial charge on any atom is -0.456 e. The van der Waals surface area contributed by atoms with Crippen molar-refractivity contribution in [1.29, 1.82) is 0 Å². The summed E-state index contributed by atoms with van der Waals surface area (Å²) >= 11 is 0. The van der Waals surface area contributed by atoms with Crippen molar-refractivity contribution in [3.8, 4) is 33.6 Å². The monoisotopic (exact) mass is 740 g/mol. The van der Waals surface area contributed by atoms with Crippen LogP contribution >= 0.6 is 0 Å². The van der Waals surface area contributed by atoms with Gasteiger partial charge in [-0.25, -0.2) is 0 Å². The zero-order chi connectivity index (χ0) is 37.9. The zero-order valence-electron chi connectivity index (χ0n) is 31.2. The fourth-order valence-electron chi connectivity index (χ4n) is 9.57. The molecule has 4 heteroatoms. The number of hydrogen-bond donors (Lipinski definition) is 0. The van der Waals surface area contributed by atoms with Crippen molar-refractivity contribution in [2.24, 2.45) is 0 Å². The molecule has 0 saturated heterocycles. The standard InChI is InChI=1S/C54H32N2O2/c1-2-11-33(12-3-1)34-21-25-37(26-22-34)55-43-16-7-4-14-40(43)53-46(55)29-30-47-54(53)42-31-35(36-23-27-39-38-13-5-8-18-48(38)58-51(39)32-36)24-28-44(42)56(47)45-17-10-20-50-52(45)41-15-6-9-19-49(41)57-50/h1-32H. The molecule has 4 aromatic heterocycles. The van der Waals surface area contributed by atoms with Crippen LogP contribution < -0.4 is 0 Å². The van der Waals surface area contributed by atoms with Crippen molar-refractivity contribution in [2.45, 2.75) is 0 Å². The average molecular weight is 741 g/mol. The molecule has 13 aromatic rings. The SMILES string of the molecule is c1ccc(-c2ccc(-n3c4ccccc4c4c5c6cc(-c7ccc8c(c7)oc7ccccc78)ccc6n(-c6cccc7oc8ccccc8c67)c5ccc43)cc2)cc1. The Hall–Kier alpha value is -7.82. The largest absolute Gasteiger partial charge is 0.456 e. The summed E-state index contributed by atoms with van der Waals surface area (Å²) in [4.78, 5) is 0. The van der Waals surface area contributed by atoms with Gasteiger partial charge in [0.05, 0.1) is 33.1 Å². The van der Waals surface area contributed by atoms with Crippen LogP contribution in [0.1, 0.15) is 0 Å². The van der Waals surface area contributed by atoms with Crippen LogP contribution in [-0.2, 0) is 0 Å². The lowest BCUT2D eigenvalue weighted by Gasteiger charge is -2.11. The number of hydrogen-bond acceptors (Lipinski definition) is 2. The van der Waals surface area contributed by atoms with Crippen LogP contribution in [-0.4, -0.2) is 9.13 Å². The summed E-state index contributed by atoms with van der Waals surface area (Å²) in [5.74, 6) is 0. The maximum Gasteiger partial charge on any atom is 0.137 e. The number of furan rings is 2. The van der Waals surface area contributed by atoms with Gasteiger partial charge < -0.3 is 18.0 Å². The molecular weight excluding hydrogens is 709 g/mol. The van der Waals surface area contributed by atoms with Crippen LogP contribution in [0.3, 0.4) is 0 Å². The molecule has 4 heterocycles. The van der Waals surface area contributed by atoms with Gasteiger partial charge in [-0.3, -0.25) is 0 Å². The second kappa shape index (κ2) is 11.8. The molecule has 0 saturated carbocycles. The smallest absolute Gasteiger partial charge is 0.137 e. The van der Waals surface area contributed by atoms with E-state index in [9.17, 15) is 0 Å². The Morgan fingerprint density at radius 1 is 0.276 bits per heavy atom. The summed E-state index contributed by atoms with van der Waals surface area (Å²) in [6.07, 6.45) is 0. The Kier molecular flexibility index (Phi) is 6.41. The third-order valence-electron chi connectivity index (χ3n) is 12.1. The Balaban J connectivity index is 1.12. The fraction of sp³-hybridized carbons (Fsp3) is 0. The molecule has 0 amide bonds. The molecule has 0 fully saturated rings. The second-order valence-electron chi connectivity index (χ2n) is 15.2. The van der Waals surface area contributed by atoms with Gasteiger partial charge in [-0.05, 0) is 101 Å². The molecule has 0 radical (unpaired) electrons. The molecule has 0 unspecified atom stereocenters. The summed E-state index contributed by atoms with van der Waals surface area (Å²) in [6, 6.07) is 69.6. The highest BCUT2D eigenvalue weighted by Gasteiger charge is 2.23. The van der Waals surface area contributed by atoms with Gasteiger partial charge >= 0.3 is 0 Å². The summed E-state index contributed by atoms with van der Waals surface area (Å²) in [5, 5.41) is 9.34. The van der Waals surface area contributed by atoms with Gasteiger partial charge in [0.1, 0.15) is 22.3 Å². The molecule has 9 aromatic carbocycles. The van der Waals surface area contributed by atoms with Crippen LogP contribution in [0.25, 0.3) is 121 Å². The topological polar surface area (TPSA) is 36.1 Å². The lowest BCUT2D eigenvalue weighted by atomic mass is 10.00. The minimum atomic E-state index is 0.876. The van der Waals surface area contributed by atoms with Gasteiger partial charge in [-0.1, -0.05) is 115 Å². The summed E-state index contributed by atoms with van der Waals surface area (Å²) < 4.78 is 17.7. The number of fused-ring (bicyclic) bond motifs is 13. The van der Waals surface area contributed by atoms with E-state index in [1.165, 1.54) is 43.7 Å². The van der Waals surface area contributed by atoms with Crippen LogP contribution in [0.4, 0.5) is 0 Å². The first kappa shape index (κ1) is 31.4. The van der Waals surface area contributed by atoms with E-state index >= 15 is 0 Å². The van der Waals surface area contributed by atoms with E-state index in [2.05, 4.69) is 185 Å². The van der Waals surface area contributed by atoms with Crippen LogP contribution in [0.15, 0.2) is 203 Å². The van der Waals surface area contributed by atoms with E-state index in [1.807, 2.05) is 18.2 Å². The van der Waals surface area contributed by atoms with E-state index in [0.717, 1.165) is 77.4 Å². The third kappa shape index (κ3) is 4.40. The first-order valence-electron chi connectivity index (χ1n) is 19.8. The normalized spacial score (nSPS) is 12.1. The highest BCUT2D eigenvalue weighted by molar-refractivity contribution is 6.29. The minimum absolute atomic E-state index is 0.876. The van der Waals surface area contributed by atoms with Gasteiger partial charge in [0.25, 0.3) is 0 Å². The molecule has 0 bridgehead atoms. The lowest BCUT2D eigenvalue weighted by molar-refractivity contribution is 0.668. The van der Waals surface area contributed by atoms with Crippen LogP contribution in [0.5, 0.6) is 0 Å². The van der Waals surface area contributed by atoms with E-state index in [0.29, 0.717) is 0 Å². The molecule has 0 aliphatic heterocycles. The van der Waals surface area contributed by atoms with E-state index < -0.39 is 0 Å². The molecule has 13 rings (SSSR count). The van der Waals surface area contributed by atoms with Crippen LogP contribution in [0, 0.1) is 0 Å². The molecule has 4 nitrogen and oxygen atoms in total. The third-order valence-corrected chi connectivity index (χ3v) is 12.1. The molecule has 0 aliphatic carbocycles. The van der Waals surface area contributed by atoms with Gasteiger partial charge in [-0.15, -0.1) is 0 Å². The highest BCUT2D eigenvalue weighted by Crippen LogP contribution is 2.45.